The van der Waals surface area contributed by atoms with Gasteiger partial charge in [0.25, 0.3) is 0 Å². The van der Waals surface area contributed by atoms with Crippen molar-refractivity contribution < 1.29 is 19.4 Å². The smallest absolute Gasteiger partial charge is 0.355 e. The first-order chi connectivity index (χ1) is 6.60. The largest absolute Gasteiger partial charge is 0.461 e. The highest BCUT2D eigenvalue weighted by atomic mass is 16.5. The van der Waals surface area contributed by atoms with Crippen molar-refractivity contribution in [3.05, 3.63) is 0 Å². The second kappa shape index (κ2) is 4.52. The molecule has 0 aromatic heterocycles. The molecule has 1 fully saturated rings. The van der Waals surface area contributed by atoms with Crippen LogP contribution in [0.5, 0.6) is 0 Å². The Morgan fingerprint density at radius 1 is 1.57 bits per heavy atom. The molecule has 0 amide bonds. The standard InChI is InChI=1S/C9H15NO4/c1-2-14-8(11)7(10)9(12)3-5-13-6-4-9/h10,12H,2-6H2,1H3. The number of esters is 1. The van der Waals surface area contributed by atoms with Gasteiger partial charge in [0.05, 0.1) is 6.61 Å². The lowest BCUT2D eigenvalue weighted by Crippen LogP contribution is -2.47. The average molecular weight is 201 g/mol. The molecule has 0 aliphatic carbocycles. The van der Waals surface area contributed by atoms with Crippen molar-refractivity contribution in [2.24, 2.45) is 0 Å². The van der Waals surface area contributed by atoms with Crippen molar-refractivity contribution in [1.29, 1.82) is 5.41 Å². The summed E-state index contributed by atoms with van der Waals surface area (Å²) in [5.74, 6) is -0.739. The van der Waals surface area contributed by atoms with E-state index in [1.807, 2.05) is 0 Å². The van der Waals surface area contributed by atoms with Gasteiger partial charge in [0.2, 0.25) is 0 Å². The Bertz CT molecular complexity index is 233. The molecule has 0 aromatic rings. The third-order valence-corrected chi connectivity index (χ3v) is 2.26. The SMILES string of the molecule is CCOC(=O)C(=N)C1(O)CCOCC1. The lowest BCUT2D eigenvalue weighted by Gasteiger charge is -2.31. The van der Waals surface area contributed by atoms with Gasteiger partial charge in [0.1, 0.15) is 11.3 Å². The van der Waals surface area contributed by atoms with Gasteiger partial charge in [0.15, 0.2) is 0 Å². The summed E-state index contributed by atoms with van der Waals surface area (Å²) in [5.41, 5.74) is -1.72. The number of hydrogen-bond acceptors (Lipinski definition) is 5. The van der Waals surface area contributed by atoms with Crippen LogP contribution in [0.1, 0.15) is 19.8 Å². The fraction of sp³-hybridized carbons (Fsp3) is 0.778. The summed E-state index contributed by atoms with van der Waals surface area (Å²) in [4.78, 5) is 11.2. The molecule has 0 atom stereocenters. The van der Waals surface area contributed by atoms with Gasteiger partial charge in [-0.05, 0) is 6.92 Å². The van der Waals surface area contributed by atoms with Crippen molar-refractivity contribution in [3.63, 3.8) is 0 Å². The predicted octanol–water partition coefficient (Wildman–Crippen LogP) is 0.111. The highest BCUT2D eigenvalue weighted by molar-refractivity contribution is 6.38. The van der Waals surface area contributed by atoms with Gasteiger partial charge < -0.3 is 14.6 Å². The Morgan fingerprint density at radius 3 is 2.64 bits per heavy atom. The van der Waals surface area contributed by atoms with Crippen LogP contribution in [0.4, 0.5) is 0 Å². The molecule has 0 bridgehead atoms. The van der Waals surface area contributed by atoms with E-state index in [2.05, 4.69) is 4.74 Å². The molecular weight excluding hydrogens is 186 g/mol. The molecule has 0 unspecified atom stereocenters. The number of carbonyl (C=O) groups excluding carboxylic acids is 1. The molecule has 80 valence electrons. The zero-order valence-electron chi connectivity index (χ0n) is 8.21. The van der Waals surface area contributed by atoms with Gasteiger partial charge in [-0.15, -0.1) is 0 Å². The van der Waals surface area contributed by atoms with Crippen molar-refractivity contribution in [3.8, 4) is 0 Å². The molecule has 0 radical (unpaired) electrons. The Hall–Kier alpha value is -0.940. The number of nitrogens with one attached hydrogen (secondary N) is 1. The molecule has 1 aliphatic heterocycles. The maximum absolute atomic E-state index is 11.2. The summed E-state index contributed by atoms with van der Waals surface area (Å²) in [6.07, 6.45) is 0.565. The minimum atomic E-state index is -1.36. The van der Waals surface area contributed by atoms with Crippen molar-refractivity contribution in [2.75, 3.05) is 19.8 Å². The van der Waals surface area contributed by atoms with Crippen LogP contribution in [0, 0.1) is 5.41 Å². The lowest BCUT2D eigenvalue weighted by atomic mass is 9.89. The molecule has 0 aromatic carbocycles. The van der Waals surface area contributed by atoms with E-state index in [0.717, 1.165) is 0 Å². The first kappa shape index (κ1) is 11.1. The zero-order chi connectivity index (χ0) is 10.6. The maximum atomic E-state index is 11.2. The summed E-state index contributed by atoms with van der Waals surface area (Å²) < 4.78 is 9.70. The highest BCUT2D eigenvalue weighted by Gasteiger charge is 2.38. The predicted molar refractivity (Wildman–Crippen MR) is 49.4 cm³/mol. The second-order valence-electron chi connectivity index (χ2n) is 3.24. The minimum absolute atomic E-state index is 0.216. The number of carbonyl (C=O) groups is 1. The highest BCUT2D eigenvalue weighted by Crippen LogP contribution is 2.22. The van der Waals surface area contributed by atoms with E-state index in [0.29, 0.717) is 13.2 Å². The number of rotatable bonds is 3. The third kappa shape index (κ3) is 2.30. The Morgan fingerprint density at radius 2 is 2.14 bits per heavy atom. The third-order valence-electron chi connectivity index (χ3n) is 2.26. The van der Waals surface area contributed by atoms with Gasteiger partial charge in [-0.1, -0.05) is 0 Å². The van der Waals surface area contributed by atoms with Crippen LogP contribution in [-0.4, -0.2) is 42.2 Å². The lowest BCUT2D eigenvalue weighted by molar-refractivity contribution is -0.137. The topological polar surface area (TPSA) is 79.6 Å². The maximum Gasteiger partial charge on any atom is 0.355 e. The molecule has 2 N–H and O–H groups in total. The normalized spacial score (nSPS) is 20.1. The van der Waals surface area contributed by atoms with E-state index in [9.17, 15) is 9.90 Å². The fourth-order valence-electron chi connectivity index (χ4n) is 1.35. The zero-order valence-corrected chi connectivity index (χ0v) is 8.21. The molecule has 5 heteroatoms. The van der Waals surface area contributed by atoms with Crippen LogP contribution in [-0.2, 0) is 14.3 Å². The Balaban J connectivity index is 2.61. The van der Waals surface area contributed by atoms with Crippen molar-refractivity contribution >= 4 is 11.7 Å². The number of ether oxygens (including phenoxy) is 2. The molecule has 0 saturated carbocycles. The summed E-state index contributed by atoms with van der Waals surface area (Å²) >= 11 is 0. The summed E-state index contributed by atoms with van der Waals surface area (Å²) in [5, 5.41) is 17.4. The fourth-order valence-corrected chi connectivity index (χ4v) is 1.35. The van der Waals surface area contributed by atoms with Crippen LogP contribution < -0.4 is 0 Å². The number of hydrogen-bond donors (Lipinski definition) is 2. The Labute approximate surface area is 82.5 Å². The van der Waals surface area contributed by atoms with Crippen molar-refractivity contribution in [1.82, 2.24) is 0 Å². The molecule has 1 saturated heterocycles. The monoisotopic (exact) mass is 201 g/mol. The van der Waals surface area contributed by atoms with E-state index >= 15 is 0 Å². The van der Waals surface area contributed by atoms with Crippen LogP contribution in [0.3, 0.4) is 0 Å². The first-order valence-electron chi connectivity index (χ1n) is 4.66. The van der Waals surface area contributed by atoms with Gasteiger partial charge in [0, 0.05) is 26.1 Å². The summed E-state index contributed by atoms with van der Waals surface area (Å²) in [7, 11) is 0. The van der Waals surface area contributed by atoms with E-state index in [-0.39, 0.29) is 25.2 Å². The number of aliphatic hydroxyl groups is 1. The van der Waals surface area contributed by atoms with Gasteiger partial charge in [-0.25, -0.2) is 4.79 Å². The molecule has 14 heavy (non-hydrogen) atoms. The van der Waals surface area contributed by atoms with Gasteiger partial charge in [-0.2, -0.15) is 0 Å². The van der Waals surface area contributed by atoms with Crippen molar-refractivity contribution in [2.45, 2.75) is 25.4 Å². The minimum Gasteiger partial charge on any atom is -0.461 e. The van der Waals surface area contributed by atoms with Crippen LogP contribution in [0.25, 0.3) is 0 Å². The average Bonchev–Trinajstić information content (AvgIpc) is 2.18. The first-order valence-corrected chi connectivity index (χ1v) is 4.66. The molecule has 1 aliphatic rings. The molecule has 0 spiro atoms. The van der Waals surface area contributed by atoms with E-state index in [1.165, 1.54) is 0 Å². The Kier molecular flexibility index (Phi) is 3.60. The summed E-state index contributed by atoms with van der Waals surface area (Å²) in [6, 6.07) is 0. The summed E-state index contributed by atoms with van der Waals surface area (Å²) in [6.45, 7) is 2.63. The van der Waals surface area contributed by atoms with Gasteiger partial charge >= 0.3 is 5.97 Å². The van der Waals surface area contributed by atoms with Crippen LogP contribution in [0.2, 0.25) is 0 Å². The molecule has 5 nitrogen and oxygen atoms in total. The quantitative estimate of drug-likeness (QED) is 0.501. The van der Waals surface area contributed by atoms with Crippen LogP contribution in [0.15, 0.2) is 0 Å². The molecular formula is C9H15NO4. The van der Waals surface area contributed by atoms with E-state index in [4.69, 9.17) is 10.1 Å². The molecule has 1 rings (SSSR count). The van der Waals surface area contributed by atoms with Gasteiger partial charge in [-0.3, -0.25) is 5.41 Å². The van der Waals surface area contributed by atoms with Crippen LogP contribution >= 0.6 is 0 Å². The molecule has 1 heterocycles. The van der Waals surface area contributed by atoms with E-state index < -0.39 is 11.6 Å². The van der Waals surface area contributed by atoms with E-state index in [1.54, 1.807) is 6.92 Å². The second-order valence-corrected chi connectivity index (χ2v) is 3.24.